The quantitative estimate of drug-likeness (QED) is 0.699. The number of ether oxygens (including phenoxy) is 2. The zero-order valence-electron chi connectivity index (χ0n) is 15.9. The topological polar surface area (TPSA) is 51.1 Å². The van der Waals surface area contributed by atoms with Gasteiger partial charge in [-0.1, -0.05) is 30.0 Å². The normalized spacial score (nSPS) is 13.7. The van der Waals surface area contributed by atoms with Gasteiger partial charge in [0.15, 0.2) is 11.0 Å². The number of aliphatic imine (C=N–C) groups is 1. The number of benzene rings is 2. The first-order valence-electron chi connectivity index (χ1n) is 8.89. The SMILES string of the molecule is COc1ccc(OC)c(C(=O)CN(C2=NCCCS2)c2ccccc2C)c1. The Hall–Kier alpha value is -2.47. The van der Waals surface area contributed by atoms with Gasteiger partial charge >= 0.3 is 0 Å². The highest BCUT2D eigenvalue weighted by Crippen LogP contribution is 2.29. The number of hydrogen-bond donors (Lipinski definition) is 0. The predicted octanol–water partition coefficient (Wildman–Crippen LogP) is 4.19. The van der Waals surface area contributed by atoms with Crippen molar-refractivity contribution in [3.63, 3.8) is 0 Å². The van der Waals surface area contributed by atoms with Crippen LogP contribution >= 0.6 is 11.8 Å². The second kappa shape index (κ2) is 8.95. The van der Waals surface area contributed by atoms with Gasteiger partial charge in [-0.15, -0.1) is 0 Å². The van der Waals surface area contributed by atoms with Crippen molar-refractivity contribution < 1.29 is 14.3 Å². The second-order valence-electron chi connectivity index (χ2n) is 6.23. The Kier molecular flexibility index (Phi) is 6.40. The number of aryl methyl sites for hydroxylation is 1. The maximum Gasteiger partial charge on any atom is 0.186 e. The zero-order valence-corrected chi connectivity index (χ0v) is 16.7. The van der Waals surface area contributed by atoms with Crippen LogP contribution in [0.15, 0.2) is 47.5 Å². The number of thioether (sulfide) groups is 1. The lowest BCUT2D eigenvalue weighted by atomic mass is 10.1. The number of ketones is 1. The number of carbonyl (C=O) groups is 1. The van der Waals surface area contributed by atoms with E-state index in [4.69, 9.17) is 9.47 Å². The third kappa shape index (κ3) is 4.45. The van der Waals surface area contributed by atoms with E-state index in [1.165, 1.54) is 0 Å². The maximum atomic E-state index is 13.2. The Morgan fingerprint density at radius 3 is 2.67 bits per heavy atom. The molecule has 0 spiro atoms. The molecule has 2 aromatic carbocycles. The van der Waals surface area contributed by atoms with Gasteiger partial charge < -0.3 is 14.4 Å². The van der Waals surface area contributed by atoms with Crippen LogP contribution in [0.25, 0.3) is 0 Å². The van der Waals surface area contributed by atoms with E-state index in [1.54, 1.807) is 44.2 Å². The summed E-state index contributed by atoms with van der Waals surface area (Å²) in [6.45, 7) is 3.04. The summed E-state index contributed by atoms with van der Waals surface area (Å²) in [5.41, 5.74) is 2.62. The molecule has 6 heteroatoms. The molecule has 0 unspecified atom stereocenters. The van der Waals surface area contributed by atoms with Gasteiger partial charge in [-0.3, -0.25) is 9.79 Å². The molecule has 0 fully saturated rings. The van der Waals surface area contributed by atoms with Crippen LogP contribution < -0.4 is 14.4 Å². The van der Waals surface area contributed by atoms with Crippen molar-refractivity contribution in [2.24, 2.45) is 4.99 Å². The monoisotopic (exact) mass is 384 g/mol. The van der Waals surface area contributed by atoms with Gasteiger partial charge in [0, 0.05) is 18.0 Å². The number of hydrogen-bond acceptors (Lipinski definition) is 6. The maximum absolute atomic E-state index is 13.2. The number of para-hydroxylation sites is 1. The molecule has 1 aliphatic heterocycles. The van der Waals surface area contributed by atoms with Crippen LogP contribution in [0.5, 0.6) is 11.5 Å². The molecule has 0 aliphatic carbocycles. The van der Waals surface area contributed by atoms with E-state index in [0.29, 0.717) is 17.1 Å². The number of amidine groups is 1. The minimum absolute atomic E-state index is 0.0390. The first-order valence-corrected chi connectivity index (χ1v) is 9.88. The van der Waals surface area contributed by atoms with Crippen molar-refractivity contribution in [2.75, 3.05) is 38.0 Å². The summed E-state index contributed by atoms with van der Waals surface area (Å²) in [4.78, 5) is 19.9. The highest BCUT2D eigenvalue weighted by atomic mass is 32.2. The van der Waals surface area contributed by atoms with Crippen LogP contribution in [0.4, 0.5) is 5.69 Å². The summed E-state index contributed by atoms with van der Waals surface area (Å²) in [6, 6.07) is 13.3. The number of rotatable bonds is 6. The van der Waals surface area contributed by atoms with Crippen molar-refractivity contribution in [1.82, 2.24) is 0 Å². The standard InChI is InChI=1S/C21H24N2O3S/c1-15-7-4-5-8-18(15)23(21-22-11-6-12-27-21)14-19(24)17-13-16(25-2)9-10-20(17)26-3/h4-5,7-10,13H,6,11-12,14H2,1-3H3. The summed E-state index contributed by atoms with van der Waals surface area (Å²) in [7, 11) is 3.15. The van der Waals surface area contributed by atoms with Crippen molar-refractivity contribution in [3.05, 3.63) is 53.6 Å². The van der Waals surface area contributed by atoms with Gasteiger partial charge in [0.1, 0.15) is 11.5 Å². The van der Waals surface area contributed by atoms with E-state index in [-0.39, 0.29) is 12.3 Å². The van der Waals surface area contributed by atoms with Gasteiger partial charge in [-0.05, 0) is 43.2 Å². The summed E-state index contributed by atoms with van der Waals surface area (Å²) in [6.07, 6.45) is 1.06. The van der Waals surface area contributed by atoms with Crippen molar-refractivity contribution in [1.29, 1.82) is 0 Å². The smallest absolute Gasteiger partial charge is 0.186 e. The van der Waals surface area contributed by atoms with E-state index in [9.17, 15) is 4.79 Å². The number of nitrogens with zero attached hydrogens (tertiary/aromatic N) is 2. The van der Waals surface area contributed by atoms with E-state index in [1.807, 2.05) is 36.1 Å². The molecule has 0 N–H and O–H groups in total. The van der Waals surface area contributed by atoms with E-state index >= 15 is 0 Å². The molecule has 27 heavy (non-hydrogen) atoms. The predicted molar refractivity (Wildman–Crippen MR) is 112 cm³/mol. The molecule has 0 saturated carbocycles. The molecule has 0 saturated heterocycles. The summed E-state index contributed by atoms with van der Waals surface area (Å²) >= 11 is 1.70. The Morgan fingerprint density at radius 1 is 1.19 bits per heavy atom. The summed E-state index contributed by atoms with van der Waals surface area (Å²) in [5, 5.41) is 0.894. The zero-order chi connectivity index (χ0) is 19.2. The third-order valence-corrected chi connectivity index (χ3v) is 5.53. The molecular formula is C21H24N2O3S. The minimum atomic E-state index is -0.0390. The summed E-state index contributed by atoms with van der Waals surface area (Å²) < 4.78 is 10.7. The molecule has 0 bridgehead atoms. The molecule has 2 aromatic rings. The molecule has 142 valence electrons. The number of carbonyl (C=O) groups excluding carboxylic acids is 1. The fourth-order valence-electron chi connectivity index (χ4n) is 2.99. The molecule has 0 atom stereocenters. The average molecular weight is 385 g/mol. The fraction of sp³-hybridized carbons (Fsp3) is 0.333. The average Bonchev–Trinajstić information content (AvgIpc) is 2.72. The highest BCUT2D eigenvalue weighted by Gasteiger charge is 2.23. The largest absolute Gasteiger partial charge is 0.497 e. The Morgan fingerprint density at radius 2 is 2.00 bits per heavy atom. The number of anilines is 1. The lowest BCUT2D eigenvalue weighted by Gasteiger charge is -2.28. The molecule has 1 heterocycles. The van der Waals surface area contributed by atoms with Crippen LogP contribution in [0.3, 0.4) is 0 Å². The Labute approximate surface area is 164 Å². The lowest BCUT2D eigenvalue weighted by molar-refractivity contribution is 0.0999. The van der Waals surface area contributed by atoms with Gasteiger partial charge in [-0.2, -0.15) is 0 Å². The Bertz CT molecular complexity index is 851. The fourth-order valence-corrected chi connectivity index (χ4v) is 3.95. The van der Waals surface area contributed by atoms with Crippen molar-refractivity contribution in [2.45, 2.75) is 13.3 Å². The molecule has 0 radical (unpaired) electrons. The van der Waals surface area contributed by atoms with Gasteiger partial charge in [0.2, 0.25) is 0 Å². The second-order valence-corrected chi connectivity index (χ2v) is 7.29. The molecule has 0 aromatic heterocycles. The van der Waals surface area contributed by atoms with E-state index in [2.05, 4.69) is 4.99 Å². The van der Waals surface area contributed by atoms with Gasteiger partial charge in [0.25, 0.3) is 0 Å². The van der Waals surface area contributed by atoms with Crippen molar-refractivity contribution in [3.8, 4) is 11.5 Å². The van der Waals surface area contributed by atoms with Crippen LogP contribution in [0.2, 0.25) is 0 Å². The number of Topliss-reactive ketones (excluding diaryl/α,β-unsaturated/α-hetero) is 1. The molecule has 5 nitrogen and oxygen atoms in total. The van der Waals surface area contributed by atoms with E-state index in [0.717, 1.165) is 35.1 Å². The molecule has 1 aliphatic rings. The summed E-state index contributed by atoms with van der Waals surface area (Å²) in [5.74, 6) is 2.15. The third-order valence-electron chi connectivity index (χ3n) is 4.43. The first kappa shape index (κ1) is 19.3. The molecule has 3 rings (SSSR count). The van der Waals surface area contributed by atoms with Crippen molar-refractivity contribution >= 4 is 28.4 Å². The highest BCUT2D eigenvalue weighted by molar-refractivity contribution is 8.14. The number of methoxy groups -OCH3 is 2. The Balaban J connectivity index is 1.96. The van der Waals surface area contributed by atoms with Crippen LogP contribution in [0, 0.1) is 6.92 Å². The van der Waals surface area contributed by atoms with Gasteiger partial charge in [0.05, 0.1) is 26.3 Å². The van der Waals surface area contributed by atoms with Crippen LogP contribution in [-0.2, 0) is 0 Å². The lowest BCUT2D eigenvalue weighted by Crippen LogP contribution is -2.36. The first-order chi connectivity index (χ1) is 13.1. The molecule has 0 amide bonds. The van der Waals surface area contributed by atoms with Gasteiger partial charge in [-0.25, -0.2) is 0 Å². The minimum Gasteiger partial charge on any atom is -0.497 e. The molecular weight excluding hydrogens is 360 g/mol. The van der Waals surface area contributed by atoms with E-state index < -0.39 is 0 Å². The van der Waals surface area contributed by atoms with Crippen LogP contribution in [-0.4, -0.2) is 44.0 Å². The van der Waals surface area contributed by atoms with Crippen LogP contribution in [0.1, 0.15) is 22.3 Å².